The minimum Gasteiger partial charge on any atom is -0.509 e. The van der Waals surface area contributed by atoms with Gasteiger partial charge < -0.3 is 10.8 Å². The lowest BCUT2D eigenvalue weighted by molar-refractivity contribution is 0.100. The molecule has 0 spiro atoms. The molecule has 8 nitrogen and oxygen atoms in total. The van der Waals surface area contributed by atoms with Crippen LogP contribution in [0.1, 0.15) is 20.2 Å². The number of nitrogens with zero attached hydrogens (tertiary/aromatic N) is 4. The van der Waals surface area contributed by atoms with E-state index in [0.29, 0.717) is 15.4 Å². The van der Waals surface area contributed by atoms with E-state index in [9.17, 15) is 20.0 Å². The van der Waals surface area contributed by atoms with Crippen molar-refractivity contribution in [3.05, 3.63) is 62.2 Å². The molecular formula is C19H13N5O3S2. The normalized spacial score (nSPS) is 12.1. The summed E-state index contributed by atoms with van der Waals surface area (Å²) in [5.41, 5.74) is 6.10. The number of fused-ring (bicyclic) bond motifs is 2. The van der Waals surface area contributed by atoms with Crippen LogP contribution in [-0.2, 0) is 6.54 Å². The number of benzene rings is 1. The Labute approximate surface area is 171 Å². The maximum absolute atomic E-state index is 12.9. The predicted octanol–water partition coefficient (Wildman–Crippen LogP) is 2.97. The quantitative estimate of drug-likeness (QED) is 0.383. The molecule has 0 saturated heterocycles. The summed E-state index contributed by atoms with van der Waals surface area (Å²) in [7, 11) is 0. The molecule has 3 aromatic heterocycles. The number of aliphatic hydroxyl groups is 1. The average molecular weight is 423 g/mol. The summed E-state index contributed by atoms with van der Waals surface area (Å²) in [6, 6.07) is 9.37. The Morgan fingerprint density at radius 1 is 1.34 bits per heavy atom. The van der Waals surface area contributed by atoms with Gasteiger partial charge in [0, 0.05) is 0 Å². The molecule has 0 aliphatic heterocycles. The molecule has 0 bridgehead atoms. The Morgan fingerprint density at radius 3 is 2.79 bits per heavy atom. The van der Waals surface area contributed by atoms with Gasteiger partial charge in [0.1, 0.15) is 27.2 Å². The zero-order chi connectivity index (χ0) is 20.7. The smallest absolute Gasteiger partial charge is 0.262 e. The van der Waals surface area contributed by atoms with Crippen LogP contribution in [0.2, 0.25) is 0 Å². The third kappa shape index (κ3) is 3.16. The highest BCUT2D eigenvalue weighted by atomic mass is 32.1. The molecule has 3 N–H and O–H groups in total. The maximum Gasteiger partial charge on any atom is 0.262 e. The summed E-state index contributed by atoms with van der Waals surface area (Å²) < 4.78 is 2.07. The van der Waals surface area contributed by atoms with Gasteiger partial charge in [-0.05, 0) is 24.6 Å². The van der Waals surface area contributed by atoms with E-state index in [4.69, 9.17) is 5.73 Å². The lowest BCUT2D eigenvalue weighted by Gasteiger charge is -2.06. The van der Waals surface area contributed by atoms with Crippen LogP contribution in [0.5, 0.6) is 0 Å². The minimum absolute atomic E-state index is 0.00179. The summed E-state index contributed by atoms with van der Waals surface area (Å²) >= 11 is 2.33. The standard InChI is InChI=1S/C19H13N5O3S2/c1-9-14-18(29-15(9)16(21)26)22-8-24(19(14)27)7-12(25)10(6-20)17-23-11-4-2-3-5-13(11)28-17/h2-5,8,25H,7H2,1H3,(H2,21,26)/b12-10-. The Bertz CT molecular complexity index is 1390. The van der Waals surface area contributed by atoms with Crippen LogP contribution in [0.3, 0.4) is 0 Å². The summed E-state index contributed by atoms with van der Waals surface area (Å²) in [6.07, 6.45) is 1.27. The van der Waals surface area contributed by atoms with Gasteiger partial charge in [-0.2, -0.15) is 5.26 Å². The summed E-state index contributed by atoms with van der Waals surface area (Å²) in [6.45, 7) is 1.38. The number of aliphatic hydroxyl groups excluding tert-OH is 1. The van der Waals surface area contributed by atoms with Crippen LogP contribution in [0.4, 0.5) is 0 Å². The number of carbonyl (C=O) groups is 1. The molecule has 0 aliphatic carbocycles. The topological polar surface area (TPSA) is 135 Å². The molecule has 10 heteroatoms. The third-order valence-corrected chi connectivity index (χ3v) is 6.64. The van der Waals surface area contributed by atoms with Crippen LogP contribution in [0, 0.1) is 18.3 Å². The van der Waals surface area contributed by atoms with Crippen molar-refractivity contribution in [1.82, 2.24) is 14.5 Å². The number of primary amides is 1. The van der Waals surface area contributed by atoms with E-state index in [1.807, 2.05) is 30.3 Å². The number of thiophene rings is 1. The molecule has 1 aromatic carbocycles. The number of hydrogen-bond acceptors (Lipinski definition) is 8. The number of nitrogens with two attached hydrogens (primary N) is 1. The van der Waals surface area contributed by atoms with Crippen molar-refractivity contribution in [2.24, 2.45) is 5.73 Å². The van der Waals surface area contributed by atoms with Crippen molar-refractivity contribution < 1.29 is 9.90 Å². The van der Waals surface area contributed by atoms with Crippen LogP contribution < -0.4 is 11.3 Å². The van der Waals surface area contributed by atoms with Crippen molar-refractivity contribution >= 4 is 54.6 Å². The summed E-state index contributed by atoms with van der Waals surface area (Å²) in [4.78, 5) is 33.6. The fourth-order valence-electron chi connectivity index (χ4n) is 2.96. The number of hydrogen-bond donors (Lipinski definition) is 2. The first-order chi connectivity index (χ1) is 13.9. The molecule has 0 aliphatic rings. The Morgan fingerprint density at radius 2 is 2.10 bits per heavy atom. The summed E-state index contributed by atoms with van der Waals surface area (Å²) in [5.74, 6) is -0.917. The largest absolute Gasteiger partial charge is 0.509 e. The Hall–Kier alpha value is -3.55. The van der Waals surface area contributed by atoms with Crippen LogP contribution in [-0.4, -0.2) is 25.5 Å². The molecule has 0 fully saturated rings. The Balaban J connectivity index is 1.79. The number of aryl methyl sites for hydroxylation is 1. The minimum atomic E-state index is -0.623. The molecular weight excluding hydrogens is 410 g/mol. The van der Waals surface area contributed by atoms with Crippen molar-refractivity contribution in [2.45, 2.75) is 13.5 Å². The number of allylic oxidation sites excluding steroid dienone is 2. The van der Waals surface area contributed by atoms with Gasteiger partial charge in [-0.3, -0.25) is 14.2 Å². The van der Waals surface area contributed by atoms with Gasteiger partial charge in [0.05, 0.1) is 33.4 Å². The van der Waals surface area contributed by atoms with Crippen LogP contribution in [0.15, 0.2) is 41.1 Å². The van der Waals surface area contributed by atoms with E-state index in [1.165, 1.54) is 22.2 Å². The number of nitriles is 1. The second-order valence-electron chi connectivity index (χ2n) is 6.20. The van der Waals surface area contributed by atoms with Gasteiger partial charge in [-0.25, -0.2) is 9.97 Å². The molecule has 29 heavy (non-hydrogen) atoms. The average Bonchev–Trinajstić information content (AvgIpc) is 3.26. The molecule has 4 rings (SSSR count). The van der Waals surface area contributed by atoms with E-state index in [1.54, 1.807) is 6.92 Å². The molecule has 1 amide bonds. The van der Waals surface area contributed by atoms with E-state index in [2.05, 4.69) is 9.97 Å². The highest BCUT2D eigenvalue weighted by Gasteiger charge is 2.19. The second kappa shape index (κ2) is 7.12. The van der Waals surface area contributed by atoms with Crippen LogP contribution >= 0.6 is 22.7 Å². The molecule has 3 heterocycles. The van der Waals surface area contributed by atoms with Gasteiger partial charge in [0.2, 0.25) is 0 Å². The molecule has 0 saturated carbocycles. The second-order valence-corrected chi connectivity index (χ2v) is 8.23. The number of rotatable bonds is 4. The first-order valence-electron chi connectivity index (χ1n) is 8.37. The molecule has 144 valence electrons. The number of thiazole rings is 1. The number of amides is 1. The lowest BCUT2D eigenvalue weighted by atomic mass is 10.2. The van der Waals surface area contributed by atoms with Gasteiger partial charge >= 0.3 is 0 Å². The number of carbonyl (C=O) groups excluding carboxylic acids is 1. The van der Waals surface area contributed by atoms with E-state index in [0.717, 1.165) is 21.6 Å². The van der Waals surface area contributed by atoms with Gasteiger partial charge in [0.25, 0.3) is 11.5 Å². The number of aromatic nitrogens is 3. The highest BCUT2D eigenvalue weighted by Crippen LogP contribution is 2.29. The van der Waals surface area contributed by atoms with Crippen molar-refractivity contribution in [3.8, 4) is 6.07 Å². The van der Waals surface area contributed by atoms with Gasteiger partial charge in [0.15, 0.2) is 0 Å². The van der Waals surface area contributed by atoms with E-state index >= 15 is 0 Å². The predicted molar refractivity (Wildman–Crippen MR) is 112 cm³/mol. The SMILES string of the molecule is Cc1c(C(N)=O)sc2ncn(C/C(O)=C(\C#N)c3nc4ccccc4s3)c(=O)c12. The van der Waals surface area contributed by atoms with Crippen molar-refractivity contribution in [3.63, 3.8) is 0 Å². The number of para-hydroxylation sites is 1. The fraction of sp³-hybridized carbons (Fsp3) is 0.105. The molecule has 4 aromatic rings. The zero-order valence-electron chi connectivity index (χ0n) is 15.0. The van der Waals surface area contributed by atoms with E-state index in [-0.39, 0.29) is 28.1 Å². The van der Waals surface area contributed by atoms with Crippen LogP contribution in [0.25, 0.3) is 26.0 Å². The monoisotopic (exact) mass is 423 g/mol. The summed E-state index contributed by atoms with van der Waals surface area (Å²) in [5, 5.41) is 20.8. The Kier molecular flexibility index (Phi) is 4.62. The third-order valence-electron chi connectivity index (χ3n) is 4.37. The van der Waals surface area contributed by atoms with Gasteiger partial charge in [-0.15, -0.1) is 22.7 Å². The maximum atomic E-state index is 12.9. The first-order valence-corrected chi connectivity index (χ1v) is 10.0. The van der Waals surface area contributed by atoms with Crippen molar-refractivity contribution in [1.29, 1.82) is 5.26 Å². The van der Waals surface area contributed by atoms with Gasteiger partial charge in [-0.1, -0.05) is 12.1 Å². The van der Waals surface area contributed by atoms with Crippen molar-refractivity contribution in [2.75, 3.05) is 0 Å². The zero-order valence-corrected chi connectivity index (χ0v) is 16.7. The highest BCUT2D eigenvalue weighted by molar-refractivity contribution is 7.20. The lowest BCUT2D eigenvalue weighted by Crippen LogP contribution is -2.22. The molecule has 0 unspecified atom stereocenters. The fourth-order valence-corrected chi connectivity index (χ4v) is 4.94. The molecule has 0 radical (unpaired) electrons. The molecule has 0 atom stereocenters. The van der Waals surface area contributed by atoms with E-state index < -0.39 is 11.5 Å². The first kappa shape index (κ1) is 18.8.